The van der Waals surface area contributed by atoms with Gasteiger partial charge in [-0.15, -0.1) is 0 Å². The van der Waals surface area contributed by atoms with Gasteiger partial charge in [0.2, 0.25) is 0 Å². The Kier molecular flexibility index (Phi) is 7.48. The number of carbonyl (C=O) groups excluding carboxylic acids is 1. The maximum Gasteiger partial charge on any atom is 0.419 e. The van der Waals surface area contributed by atoms with E-state index in [-0.39, 0.29) is 28.8 Å². The summed E-state index contributed by atoms with van der Waals surface area (Å²) in [5.74, 6) is -6.86. The minimum Gasteiger partial charge on any atom is -0.496 e. The van der Waals surface area contributed by atoms with E-state index in [1.54, 1.807) is 0 Å². The first kappa shape index (κ1) is 27.4. The molecule has 6 nitrogen and oxygen atoms in total. The molecule has 4 rings (SSSR count). The number of carbonyl (C=O) groups is 2. The van der Waals surface area contributed by atoms with Gasteiger partial charge in [0.25, 0.3) is 5.91 Å². The van der Waals surface area contributed by atoms with Gasteiger partial charge >= 0.3 is 12.1 Å². The van der Waals surface area contributed by atoms with E-state index in [4.69, 9.17) is 4.74 Å². The molecule has 0 fully saturated rings. The van der Waals surface area contributed by atoms with E-state index in [0.717, 1.165) is 25.3 Å². The molecular weight excluding hydrogens is 530 g/mol. The van der Waals surface area contributed by atoms with Crippen LogP contribution in [0.2, 0.25) is 0 Å². The Hall–Kier alpha value is -4.61. The summed E-state index contributed by atoms with van der Waals surface area (Å²) in [6.45, 7) is 0. The number of benzene rings is 3. The number of nitrogens with zero attached hydrogens (tertiary/aromatic N) is 1. The molecule has 0 radical (unpaired) electrons. The van der Waals surface area contributed by atoms with E-state index < -0.39 is 52.7 Å². The van der Waals surface area contributed by atoms with Crippen LogP contribution in [0.4, 0.5) is 26.3 Å². The molecule has 0 spiro atoms. The number of methoxy groups -OCH3 is 1. The minimum absolute atomic E-state index is 0.111. The van der Waals surface area contributed by atoms with Crippen molar-refractivity contribution < 1.29 is 45.8 Å². The molecule has 1 aromatic heterocycles. The number of aromatic nitrogens is 1. The number of carboxylic acids is 1. The van der Waals surface area contributed by atoms with Crippen LogP contribution in [0.25, 0.3) is 22.0 Å². The second-order valence-electron chi connectivity index (χ2n) is 8.37. The van der Waals surface area contributed by atoms with Crippen LogP contribution in [0.3, 0.4) is 0 Å². The minimum atomic E-state index is -4.99. The number of carboxylic acid groups (broad SMARTS) is 1. The largest absolute Gasteiger partial charge is 0.496 e. The van der Waals surface area contributed by atoms with Crippen LogP contribution in [0.15, 0.2) is 60.8 Å². The maximum atomic E-state index is 14.2. The van der Waals surface area contributed by atoms with Gasteiger partial charge in [0.15, 0.2) is 0 Å². The van der Waals surface area contributed by atoms with Gasteiger partial charge in [0.05, 0.1) is 18.2 Å². The van der Waals surface area contributed by atoms with Crippen LogP contribution in [-0.2, 0) is 17.4 Å². The molecule has 1 atom stereocenters. The molecule has 0 aliphatic carbocycles. The molecule has 0 saturated heterocycles. The Morgan fingerprint density at radius 3 is 2.28 bits per heavy atom. The number of pyridine rings is 1. The number of ether oxygens (including phenoxy) is 1. The predicted octanol–water partition coefficient (Wildman–Crippen LogP) is 5.77. The molecule has 202 valence electrons. The molecule has 3 aromatic carbocycles. The smallest absolute Gasteiger partial charge is 0.419 e. The Morgan fingerprint density at radius 1 is 0.974 bits per heavy atom. The van der Waals surface area contributed by atoms with Crippen LogP contribution in [0.1, 0.15) is 21.5 Å². The van der Waals surface area contributed by atoms with Crippen LogP contribution in [0, 0.1) is 17.5 Å². The second kappa shape index (κ2) is 10.6. The van der Waals surface area contributed by atoms with Crippen LogP contribution in [-0.4, -0.2) is 35.1 Å². The van der Waals surface area contributed by atoms with Crippen molar-refractivity contribution in [2.75, 3.05) is 7.11 Å². The summed E-state index contributed by atoms with van der Waals surface area (Å²) in [5, 5.41) is 12.1. The summed E-state index contributed by atoms with van der Waals surface area (Å²) in [4.78, 5) is 28.7. The van der Waals surface area contributed by atoms with Crippen molar-refractivity contribution in [3.05, 3.63) is 94.9 Å². The van der Waals surface area contributed by atoms with Gasteiger partial charge < -0.3 is 15.2 Å². The van der Waals surface area contributed by atoms with E-state index in [0.29, 0.717) is 23.1 Å². The van der Waals surface area contributed by atoms with E-state index in [2.05, 4.69) is 10.3 Å². The summed E-state index contributed by atoms with van der Waals surface area (Å²) < 4.78 is 87.6. The fraction of sp³-hybridized carbons (Fsp3) is 0.148. The normalized spacial score (nSPS) is 12.3. The number of amides is 1. The van der Waals surface area contributed by atoms with Crippen molar-refractivity contribution in [2.45, 2.75) is 18.6 Å². The van der Waals surface area contributed by atoms with Gasteiger partial charge in [-0.25, -0.2) is 18.0 Å². The molecule has 1 heterocycles. The number of aliphatic carboxylic acids is 1. The number of nitrogens with one attached hydrogen (secondary N) is 1. The third-order valence-corrected chi connectivity index (χ3v) is 5.96. The predicted molar refractivity (Wildman–Crippen MR) is 128 cm³/mol. The number of hydrogen-bond acceptors (Lipinski definition) is 4. The highest BCUT2D eigenvalue weighted by Crippen LogP contribution is 2.41. The molecule has 12 heteroatoms. The molecule has 1 amide bonds. The third kappa shape index (κ3) is 5.49. The van der Waals surface area contributed by atoms with E-state index in [1.165, 1.54) is 30.5 Å². The molecule has 39 heavy (non-hydrogen) atoms. The van der Waals surface area contributed by atoms with Crippen molar-refractivity contribution >= 4 is 22.8 Å². The fourth-order valence-electron chi connectivity index (χ4n) is 4.14. The first-order valence-corrected chi connectivity index (χ1v) is 11.2. The highest BCUT2D eigenvalue weighted by molar-refractivity contribution is 5.99. The van der Waals surface area contributed by atoms with Crippen LogP contribution < -0.4 is 10.1 Å². The Labute approximate surface area is 216 Å². The highest BCUT2D eigenvalue weighted by Gasteiger charge is 2.35. The standard InChI is InChI=1S/C27H18F6N2O4/c1-39-22-12-20(30)17(27(31,32)33)11-16(22)15-8-7-13(14-4-3-9-34-24(14)15)10-21(26(37)38)35-25(36)23-18(28)5-2-6-19(23)29/h2-9,11-12,21H,10H2,1H3,(H,35,36)(H,37,38)/t21-/m0/s1. The lowest BCUT2D eigenvalue weighted by Crippen LogP contribution is -2.43. The van der Waals surface area contributed by atoms with Crippen molar-refractivity contribution in [3.63, 3.8) is 0 Å². The van der Waals surface area contributed by atoms with E-state index in [9.17, 15) is 41.0 Å². The first-order valence-electron chi connectivity index (χ1n) is 11.2. The SMILES string of the molecule is COc1cc(F)c(C(F)(F)F)cc1-c1ccc(C[C@H](NC(=O)c2c(F)cccc2F)C(=O)O)c2cccnc12. The molecule has 0 aliphatic rings. The average molecular weight is 548 g/mol. The molecule has 0 bridgehead atoms. The lowest BCUT2D eigenvalue weighted by atomic mass is 9.93. The van der Waals surface area contributed by atoms with Gasteiger partial charge in [-0.05, 0) is 29.8 Å². The summed E-state index contributed by atoms with van der Waals surface area (Å²) in [5.41, 5.74) is -1.99. The van der Waals surface area contributed by atoms with Crippen molar-refractivity contribution in [1.29, 1.82) is 0 Å². The fourth-order valence-corrected chi connectivity index (χ4v) is 4.14. The third-order valence-electron chi connectivity index (χ3n) is 5.96. The Bertz CT molecular complexity index is 1570. The van der Waals surface area contributed by atoms with Crippen LogP contribution in [0.5, 0.6) is 5.75 Å². The Balaban J connectivity index is 1.77. The quantitative estimate of drug-likeness (QED) is 0.286. The van der Waals surface area contributed by atoms with Crippen molar-refractivity contribution in [3.8, 4) is 16.9 Å². The van der Waals surface area contributed by atoms with Gasteiger partial charge in [-0.3, -0.25) is 9.78 Å². The summed E-state index contributed by atoms with van der Waals surface area (Å²) in [6.07, 6.45) is -4.00. The molecule has 2 N–H and O–H groups in total. The Morgan fingerprint density at radius 2 is 1.67 bits per heavy atom. The zero-order valence-corrected chi connectivity index (χ0v) is 19.9. The second-order valence-corrected chi connectivity index (χ2v) is 8.37. The maximum absolute atomic E-state index is 14.2. The topological polar surface area (TPSA) is 88.5 Å². The number of rotatable bonds is 7. The monoisotopic (exact) mass is 548 g/mol. The molecule has 4 aromatic rings. The first-order chi connectivity index (χ1) is 18.4. The summed E-state index contributed by atoms with van der Waals surface area (Å²) in [6, 6.07) is 8.10. The summed E-state index contributed by atoms with van der Waals surface area (Å²) in [7, 11) is 1.16. The van der Waals surface area contributed by atoms with E-state index >= 15 is 0 Å². The number of halogens is 6. The van der Waals surface area contributed by atoms with Crippen molar-refractivity contribution in [1.82, 2.24) is 10.3 Å². The molecular formula is C27H18F6N2O4. The van der Waals surface area contributed by atoms with Gasteiger partial charge in [0, 0.05) is 35.2 Å². The molecule has 0 unspecified atom stereocenters. The van der Waals surface area contributed by atoms with Gasteiger partial charge in [0.1, 0.15) is 34.8 Å². The van der Waals surface area contributed by atoms with Gasteiger partial charge in [-0.2, -0.15) is 13.2 Å². The summed E-state index contributed by atoms with van der Waals surface area (Å²) >= 11 is 0. The zero-order chi connectivity index (χ0) is 28.5. The van der Waals surface area contributed by atoms with E-state index in [1.807, 2.05) is 0 Å². The molecule has 0 aliphatic heterocycles. The zero-order valence-electron chi connectivity index (χ0n) is 19.9. The van der Waals surface area contributed by atoms with Gasteiger partial charge in [-0.1, -0.05) is 24.3 Å². The number of alkyl halides is 3. The lowest BCUT2D eigenvalue weighted by molar-refractivity contribution is -0.140. The van der Waals surface area contributed by atoms with Crippen LogP contribution >= 0.6 is 0 Å². The lowest BCUT2D eigenvalue weighted by Gasteiger charge is -2.18. The number of hydrogen-bond donors (Lipinski definition) is 2. The highest BCUT2D eigenvalue weighted by atomic mass is 19.4. The molecule has 0 saturated carbocycles. The number of fused-ring (bicyclic) bond motifs is 1. The van der Waals surface area contributed by atoms with Crippen molar-refractivity contribution in [2.24, 2.45) is 0 Å². The average Bonchev–Trinajstić information content (AvgIpc) is 2.87.